The van der Waals surface area contributed by atoms with Crippen LogP contribution in [0.3, 0.4) is 0 Å². The fourth-order valence-electron chi connectivity index (χ4n) is 5.00. The summed E-state index contributed by atoms with van der Waals surface area (Å²) in [4.78, 5) is 0. The van der Waals surface area contributed by atoms with Gasteiger partial charge in [-0.25, -0.2) is 0 Å². The van der Waals surface area contributed by atoms with E-state index in [-0.39, 0.29) is 35.4 Å². The van der Waals surface area contributed by atoms with E-state index in [4.69, 9.17) is 31.7 Å². The first kappa shape index (κ1) is 35.9. The molecule has 0 bridgehead atoms. The summed E-state index contributed by atoms with van der Waals surface area (Å²) in [6.45, 7) is 30.1. The molecule has 1 aromatic rings. The summed E-state index contributed by atoms with van der Waals surface area (Å²) in [7, 11) is -3.04. The van der Waals surface area contributed by atoms with E-state index in [2.05, 4.69) is 114 Å². The van der Waals surface area contributed by atoms with Crippen molar-refractivity contribution in [3.8, 4) is 5.75 Å². The van der Waals surface area contributed by atoms with Gasteiger partial charge in [0.15, 0.2) is 39.1 Å². The third-order valence-corrected chi connectivity index (χ3v) is 11.4. The Morgan fingerprint density at radius 1 is 0.725 bits per heavy atom. The van der Waals surface area contributed by atoms with Gasteiger partial charge in [0, 0.05) is 16.7 Å². The lowest BCUT2D eigenvalue weighted by Gasteiger charge is -2.41. The Balaban J connectivity index is 2.51. The fourth-order valence-corrected chi connectivity index (χ4v) is 8.67. The zero-order valence-corrected chi connectivity index (χ0v) is 33.5. The quantitative estimate of drug-likeness (QED) is 0.206. The Bertz CT molecular complexity index is 919. The van der Waals surface area contributed by atoms with Crippen LogP contribution >= 0.6 is 0 Å². The van der Waals surface area contributed by atoms with Gasteiger partial charge in [-0.15, -0.1) is 0 Å². The van der Waals surface area contributed by atoms with Crippen molar-refractivity contribution in [1.29, 1.82) is 0 Å². The number of ether oxygens (including phenoxy) is 1. The number of rotatable bonds is 16. The first-order valence-corrected chi connectivity index (χ1v) is 23.1. The van der Waals surface area contributed by atoms with Gasteiger partial charge in [0.25, 0.3) is 0 Å². The van der Waals surface area contributed by atoms with Gasteiger partial charge < -0.3 is 31.7 Å². The molecule has 7 nitrogen and oxygen atoms in total. The molecule has 1 fully saturated rings. The van der Waals surface area contributed by atoms with E-state index in [0.717, 1.165) is 16.8 Å². The van der Waals surface area contributed by atoms with Crippen LogP contribution in [-0.2, 0) is 32.4 Å². The largest absolute Gasteiger partial charge is 0.494 e. The Kier molecular flexibility index (Phi) is 13.0. The Hall–Kier alpha value is -0.288. The molecule has 1 heterocycles. The van der Waals surface area contributed by atoms with Gasteiger partial charge in [0.05, 0.1) is 17.3 Å². The predicted octanol–water partition coefficient (Wildman–Crippen LogP) is 2.94. The van der Waals surface area contributed by atoms with E-state index in [1.54, 1.807) is 0 Å². The topological polar surface area (TPSA) is 64.6 Å². The molecule has 0 saturated carbocycles. The molecule has 0 unspecified atom stereocenters. The molecule has 1 saturated heterocycles. The lowest BCUT2D eigenvalue weighted by Crippen LogP contribution is -2.45. The third-order valence-electron chi connectivity index (χ3n) is 8.87. The molecule has 1 aliphatic heterocycles. The Morgan fingerprint density at radius 2 is 1.18 bits per heavy atom. The maximum absolute atomic E-state index is 6.74. The standard InChI is InChI=1S/C28H57BO7Si4/c1-18(25(3,4)23(31-37-11)32-38-12)19(2)30-22-16-20(26(5,6)24(33-39-13)34-40-14)15-21(17-22)29-35-27(7,8)28(9,10)36-29/h15-19,23-24H,37-40H2,1-14H3/t18-,19+/m1/s1. The molecular weight excluding hydrogens is 571 g/mol. The van der Waals surface area contributed by atoms with Gasteiger partial charge in [0.2, 0.25) is 0 Å². The van der Waals surface area contributed by atoms with Crippen LogP contribution in [0.25, 0.3) is 0 Å². The minimum Gasteiger partial charge on any atom is -0.490 e. The predicted molar refractivity (Wildman–Crippen MR) is 178 cm³/mol. The highest BCUT2D eigenvalue weighted by atomic mass is 28.2. The molecule has 0 amide bonds. The summed E-state index contributed by atoms with van der Waals surface area (Å²) in [5.74, 6) is 0.965. The first-order chi connectivity index (χ1) is 18.5. The highest BCUT2D eigenvalue weighted by molar-refractivity contribution is 6.62. The van der Waals surface area contributed by atoms with E-state index in [1.165, 1.54) is 0 Å². The lowest BCUT2D eigenvalue weighted by atomic mass is 9.74. The molecule has 0 aromatic heterocycles. The van der Waals surface area contributed by atoms with Crippen LogP contribution in [0, 0.1) is 11.3 Å². The normalized spacial score (nSPS) is 21.5. The average Bonchev–Trinajstić information content (AvgIpc) is 3.09. The van der Waals surface area contributed by atoms with Gasteiger partial charge in [-0.1, -0.05) is 66.9 Å². The van der Waals surface area contributed by atoms with Crippen LogP contribution in [-0.4, -0.2) is 76.1 Å². The number of hydrogen-bond acceptors (Lipinski definition) is 7. The smallest absolute Gasteiger partial charge is 0.490 e. The molecule has 0 N–H and O–H groups in total. The summed E-state index contributed by atoms with van der Waals surface area (Å²) in [6, 6.07) is 6.39. The molecule has 40 heavy (non-hydrogen) atoms. The second kappa shape index (κ2) is 14.5. The SMILES string of the molecule is C[SiH2]OC(O[SiH2]C)C(C)(C)c1cc(O[C@@H](C)[C@@H](C)C(C)(C)C(O[SiH2]C)O[SiH2]C)cc(B2OC(C)(C)C(C)(C)O2)c1. The molecule has 0 radical (unpaired) electrons. The second-order valence-electron chi connectivity index (χ2n) is 13.0. The zero-order chi connectivity index (χ0) is 30.5. The highest BCUT2D eigenvalue weighted by Gasteiger charge is 2.52. The summed E-state index contributed by atoms with van der Waals surface area (Å²) >= 11 is 0. The fraction of sp³-hybridized carbons (Fsp3) is 0.786. The van der Waals surface area contributed by atoms with Crippen LogP contribution in [0.15, 0.2) is 18.2 Å². The Morgan fingerprint density at radius 3 is 1.62 bits per heavy atom. The van der Waals surface area contributed by atoms with Crippen molar-refractivity contribution in [2.24, 2.45) is 11.3 Å². The summed E-state index contributed by atoms with van der Waals surface area (Å²) in [5, 5.41) is 0. The number of hydrogen-bond donors (Lipinski definition) is 0. The van der Waals surface area contributed by atoms with Crippen molar-refractivity contribution in [3.05, 3.63) is 23.8 Å². The molecule has 1 aromatic carbocycles. The van der Waals surface area contributed by atoms with Crippen molar-refractivity contribution in [3.63, 3.8) is 0 Å². The van der Waals surface area contributed by atoms with Gasteiger partial charge in [-0.05, 0) is 57.8 Å². The van der Waals surface area contributed by atoms with Crippen molar-refractivity contribution in [2.45, 2.75) is 131 Å². The summed E-state index contributed by atoms with van der Waals surface area (Å²) in [6.07, 6.45) is -0.566. The third kappa shape index (κ3) is 8.20. The maximum atomic E-state index is 6.74. The summed E-state index contributed by atoms with van der Waals surface area (Å²) < 4.78 is 44.5. The maximum Gasteiger partial charge on any atom is 0.494 e. The van der Waals surface area contributed by atoms with Gasteiger partial charge in [-0.3, -0.25) is 0 Å². The summed E-state index contributed by atoms with van der Waals surface area (Å²) in [5.41, 5.74) is 0.558. The molecule has 230 valence electrons. The molecule has 0 spiro atoms. The van der Waals surface area contributed by atoms with Crippen LogP contribution < -0.4 is 10.2 Å². The van der Waals surface area contributed by atoms with Crippen molar-refractivity contribution in [2.75, 3.05) is 0 Å². The van der Waals surface area contributed by atoms with Gasteiger partial charge >= 0.3 is 7.12 Å². The van der Waals surface area contributed by atoms with Crippen molar-refractivity contribution in [1.82, 2.24) is 0 Å². The van der Waals surface area contributed by atoms with Gasteiger partial charge in [-0.2, -0.15) is 0 Å². The molecule has 0 aliphatic carbocycles. The van der Waals surface area contributed by atoms with Crippen LogP contribution in [0.2, 0.25) is 26.2 Å². The van der Waals surface area contributed by atoms with Crippen LogP contribution in [0.1, 0.15) is 74.8 Å². The minimum atomic E-state index is -0.665. The second-order valence-corrected chi connectivity index (χ2v) is 16.7. The van der Waals surface area contributed by atoms with E-state index in [0.29, 0.717) is 0 Å². The molecule has 2 atom stereocenters. The Labute approximate surface area is 254 Å². The van der Waals surface area contributed by atoms with E-state index >= 15 is 0 Å². The van der Waals surface area contributed by atoms with Crippen molar-refractivity contribution < 1.29 is 31.7 Å². The van der Waals surface area contributed by atoms with Crippen molar-refractivity contribution >= 4 is 51.6 Å². The zero-order valence-electron chi connectivity index (χ0n) is 27.8. The van der Waals surface area contributed by atoms with E-state index in [9.17, 15) is 0 Å². The molecule has 12 heteroatoms. The first-order valence-electron chi connectivity index (χ1n) is 15.1. The van der Waals surface area contributed by atoms with Gasteiger partial charge in [0.1, 0.15) is 18.3 Å². The molecular formula is C28H57BO7Si4. The van der Waals surface area contributed by atoms with Crippen LogP contribution in [0.4, 0.5) is 0 Å². The average molecular weight is 629 g/mol. The highest BCUT2D eigenvalue weighted by Crippen LogP contribution is 2.39. The lowest BCUT2D eigenvalue weighted by molar-refractivity contribution is -0.117. The molecule has 1 aliphatic rings. The van der Waals surface area contributed by atoms with E-state index in [1.807, 2.05) is 0 Å². The van der Waals surface area contributed by atoms with Crippen LogP contribution in [0.5, 0.6) is 5.75 Å². The van der Waals surface area contributed by atoms with E-state index < -0.39 is 57.4 Å². The molecule has 2 rings (SSSR count). The minimum absolute atomic E-state index is 0.0827. The monoisotopic (exact) mass is 628 g/mol. The number of benzene rings is 1.